The predicted molar refractivity (Wildman–Crippen MR) is 77.0 cm³/mol. The molecule has 20 heavy (non-hydrogen) atoms. The number of nitriles is 2. The van der Waals surface area contributed by atoms with E-state index < -0.39 is 0 Å². The third kappa shape index (κ3) is 3.04. The number of rotatable bonds is 3. The second-order valence-corrected chi connectivity index (χ2v) is 5.94. The van der Waals surface area contributed by atoms with Gasteiger partial charge in [-0.1, -0.05) is 24.6 Å². The molecule has 6 heteroatoms. The summed E-state index contributed by atoms with van der Waals surface area (Å²) in [6.07, 6.45) is 4.57. The third-order valence-electron chi connectivity index (χ3n) is 3.47. The van der Waals surface area contributed by atoms with Crippen LogP contribution in [0.2, 0.25) is 0 Å². The van der Waals surface area contributed by atoms with E-state index in [1.807, 2.05) is 6.07 Å². The normalized spacial score (nSPS) is 21.9. The van der Waals surface area contributed by atoms with Crippen molar-refractivity contribution in [2.75, 3.05) is 12.8 Å². The van der Waals surface area contributed by atoms with Gasteiger partial charge < -0.3 is 10.5 Å². The number of pyridine rings is 1. The van der Waals surface area contributed by atoms with E-state index in [1.54, 1.807) is 7.11 Å². The number of hydrogen-bond acceptors (Lipinski definition) is 6. The van der Waals surface area contributed by atoms with E-state index in [0.29, 0.717) is 10.6 Å². The second-order valence-electron chi connectivity index (χ2n) is 4.71. The van der Waals surface area contributed by atoms with Gasteiger partial charge in [0.05, 0.1) is 17.2 Å². The summed E-state index contributed by atoms with van der Waals surface area (Å²) in [7, 11) is 1.72. The maximum Gasteiger partial charge on any atom is 0.142 e. The minimum Gasteiger partial charge on any atom is -0.383 e. The van der Waals surface area contributed by atoms with Crippen LogP contribution in [0.1, 0.15) is 36.8 Å². The Balaban J connectivity index is 2.27. The van der Waals surface area contributed by atoms with Crippen LogP contribution < -0.4 is 5.73 Å². The fourth-order valence-corrected chi connectivity index (χ4v) is 3.73. The summed E-state index contributed by atoms with van der Waals surface area (Å²) in [5.41, 5.74) is 6.39. The zero-order chi connectivity index (χ0) is 14.5. The summed E-state index contributed by atoms with van der Waals surface area (Å²) < 4.78 is 5.51. The van der Waals surface area contributed by atoms with E-state index in [2.05, 4.69) is 11.1 Å². The van der Waals surface area contributed by atoms with Crippen molar-refractivity contribution in [1.82, 2.24) is 4.98 Å². The van der Waals surface area contributed by atoms with Gasteiger partial charge in [-0.25, -0.2) is 4.98 Å². The van der Waals surface area contributed by atoms with E-state index in [4.69, 9.17) is 15.7 Å². The molecule has 0 aromatic carbocycles. The topological polar surface area (TPSA) is 95.7 Å². The largest absolute Gasteiger partial charge is 0.383 e. The Morgan fingerprint density at radius 3 is 2.65 bits per heavy atom. The number of ether oxygens (including phenoxy) is 1. The summed E-state index contributed by atoms with van der Waals surface area (Å²) in [6, 6.07) is 5.55. The monoisotopic (exact) mass is 288 g/mol. The van der Waals surface area contributed by atoms with Crippen LogP contribution in [0.4, 0.5) is 5.82 Å². The minimum atomic E-state index is 0.179. The number of nitrogens with zero attached hydrogens (tertiary/aromatic N) is 3. The van der Waals surface area contributed by atoms with Crippen LogP contribution >= 0.6 is 11.8 Å². The van der Waals surface area contributed by atoms with Crippen LogP contribution in [0.5, 0.6) is 0 Å². The Kier molecular flexibility index (Phi) is 4.84. The van der Waals surface area contributed by atoms with Crippen molar-refractivity contribution in [3.8, 4) is 12.1 Å². The molecule has 2 rings (SSSR count). The summed E-state index contributed by atoms with van der Waals surface area (Å²) in [5.74, 6) is 0.179. The highest BCUT2D eigenvalue weighted by Gasteiger charge is 2.27. The summed E-state index contributed by atoms with van der Waals surface area (Å²) in [6.45, 7) is 0. The van der Waals surface area contributed by atoms with Crippen molar-refractivity contribution in [1.29, 1.82) is 10.5 Å². The average molecular weight is 288 g/mol. The molecule has 0 amide bonds. The van der Waals surface area contributed by atoms with Gasteiger partial charge in [-0.15, -0.1) is 0 Å². The van der Waals surface area contributed by atoms with E-state index in [1.165, 1.54) is 24.2 Å². The first-order valence-corrected chi connectivity index (χ1v) is 7.37. The Morgan fingerprint density at radius 1 is 1.30 bits per heavy atom. The lowest BCUT2D eigenvalue weighted by Crippen LogP contribution is -2.29. The molecule has 1 aliphatic carbocycles. The van der Waals surface area contributed by atoms with Crippen molar-refractivity contribution in [2.45, 2.75) is 42.1 Å². The smallest absolute Gasteiger partial charge is 0.142 e. The molecule has 104 valence electrons. The van der Waals surface area contributed by atoms with Crippen molar-refractivity contribution < 1.29 is 4.74 Å². The fraction of sp³-hybridized carbons (Fsp3) is 0.500. The molecule has 2 N–H and O–H groups in total. The highest BCUT2D eigenvalue weighted by molar-refractivity contribution is 8.00. The number of thioether (sulfide) groups is 1. The Hall–Kier alpha value is -1.76. The molecule has 1 heterocycles. The summed E-state index contributed by atoms with van der Waals surface area (Å²) in [4.78, 5) is 4.22. The van der Waals surface area contributed by atoms with Crippen LogP contribution in [0.3, 0.4) is 0 Å². The van der Waals surface area contributed by atoms with Crippen LogP contribution in [0, 0.1) is 22.7 Å². The van der Waals surface area contributed by atoms with Crippen LogP contribution in [-0.4, -0.2) is 23.4 Å². The number of methoxy groups -OCH3 is 1. The van der Waals surface area contributed by atoms with Crippen molar-refractivity contribution >= 4 is 17.6 Å². The van der Waals surface area contributed by atoms with E-state index in [-0.39, 0.29) is 22.7 Å². The summed E-state index contributed by atoms with van der Waals surface area (Å²) >= 11 is 1.53. The Morgan fingerprint density at radius 2 is 2.00 bits per heavy atom. The predicted octanol–water partition coefficient (Wildman–Crippen LogP) is 2.46. The lowest BCUT2D eigenvalue weighted by molar-refractivity contribution is 0.0763. The number of hydrogen-bond donors (Lipinski definition) is 1. The van der Waals surface area contributed by atoms with Gasteiger partial charge >= 0.3 is 0 Å². The lowest BCUT2D eigenvalue weighted by atomic mass is 9.97. The maximum absolute atomic E-state index is 9.20. The first-order chi connectivity index (χ1) is 9.69. The number of aromatic nitrogens is 1. The molecule has 5 nitrogen and oxygen atoms in total. The standard InChI is InChI=1S/C14H16N4OS/c1-19-11-4-2-3-5-12(11)20-14-10(8-16)6-9(7-15)13(17)18-14/h6,11-12H,2-5H2,1H3,(H2,17,18)/t11-,12-/m1/s1. The highest BCUT2D eigenvalue weighted by Crippen LogP contribution is 2.36. The molecule has 0 aliphatic heterocycles. The summed E-state index contributed by atoms with van der Waals surface area (Å²) in [5, 5.41) is 19.0. The Bertz CT molecular complexity index is 576. The zero-order valence-corrected chi connectivity index (χ0v) is 12.1. The molecule has 0 saturated heterocycles. The molecular formula is C14H16N4OS. The van der Waals surface area contributed by atoms with Gasteiger partial charge in [0.25, 0.3) is 0 Å². The first-order valence-electron chi connectivity index (χ1n) is 6.49. The molecule has 0 radical (unpaired) electrons. The molecule has 1 fully saturated rings. The van der Waals surface area contributed by atoms with Gasteiger partial charge in [-0.05, 0) is 18.9 Å². The van der Waals surface area contributed by atoms with Gasteiger partial charge in [0, 0.05) is 12.4 Å². The number of nitrogens with two attached hydrogens (primary N) is 1. The van der Waals surface area contributed by atoms with Crippen LogP contribution in [0.15, 0.2) is 11.1 Å². The number of anilines is 1. The van der Waals surface area contributed by atoms with Crippen molar-refractivity contribution in [3.63, 3.8) is 0 Å². The van der Waals surface area contributed by atoms with Crippen molar-refractivity contribution in [2.24, 2.45) is 0 Å². The lowest BCUT2D eigenvalue weighted by Gasteiger charge is -2.29. The molecule has 1 saturated carbocycles. The maximum atomic E-state index is 9.20. The molecule has 1 aromatic rings. The van der Waals surface area contributed by atoms with E-state index in [0.717, 1.165) is 19.3 Å². The molecule has 0 bridgehead atoms. The SMILES string of the molecule is CO[C@@H]1CCCC[C@H]1Sc1nc(N)c(C#N)cc1C#N. The molecule has 1 aromatic heterocycles. The van der Waals surface area contributed by atoms with Gasteiger partial charge in [-0.2, -0.15) is 10.5 Å². The molecule has 0 spiro atoms. The van der Waals surface area contributed by atoms with Gasteiger partial charge in [0.1, 0.15) is 23.0 Å². The fourth-order valence-electron chi connectivity index (χ4n) is 2.38. The Labute approximate surface area is 122 Å². The van der Waals surface area contributed by atoms with Crippen LogP contribution in [0.25, 0.3) is 0 Å². The van der Waals surface area contributed by atoms with Gasteiger partial charge in [-0.3, -0.25) is 0 Å². The van der Waals surface area contributed by atoms with Gasteiger partial charge in [0.2, 0.25) is 0 Å². The quantitative estimate of drug-likeness (QED) is 0.917. The first kappa shape index (κ1) is 14.6. The van der Waals surface area contributed by atoms with Crippen LogP contribution in [-0.2, 0) is 4.74 Å². The van der Waals surface area contributed by atoms with E-state index in [9.17, 15) is 5.26 Å². The average Bonchev–Trinajstić information content (AvgIpc) is 2.48. The molecule has 0 unspecified atom stereocenters. The second kappa shape index (κ2) is 6.60. The number of nitrogen functional groups attached to an aromatic ring is 1. The zero-order valence-electron chi connectivity index (χ0n) is 11.3. The third-order valence-corrected chi connectivity index (χ3v) is 4.84. The minimum absolute atomic E-state index is 0.179. The molecule has 2 atom stereocenters. The molecular weight excluding hydrogens is 272 g/mol. The van der Waals surface area contributed by atoms with Gasteiger partial charge in [0.15, 0.2) is 0 Å². The highest BCUT2D eigenvalue weighted by atomic mass is 32.2. The van der Waals surface area contributed by atoms with E-state index >= 15 is 0 Å². The van der Waals surface area contributed by atoms with Crippen molar-refractivity contribution in [3.05, 3.63) is 17.2 Å². The molecule has 1 aliphatic rings.